The normalized spacial score (nSPS) is 11.8. The van der Waals surface area contributed by atoms with Crippen molar-refractivity contribution in [3.8, 4) is 0 Å². The van der Waals surface area contributed by atoms with Crippen LogP contribution in [0.25, 0.3) is 0 Å². The highest BCUT2D eigenvalue weighted by atomic mass is 35.5. The van der Waals surface area contributed by atoms with Crippen LogP contribution in [0.15, 0.2) is 60.3 Å². The van der Waals surface area contributed by atoms with Crippen molar-refractivity contribution in [1.29, 1.82) is 0 Å². The molecular weight excluding hydrogens is 541 g/mol. The summed E-state index contributed by atoms with van der Waals surface area (Å²) in [6, 6.07) is 11.3. The van der Waals surface area contributed by atoms with Crippen LogP contribution in [0.3, 0.4) is 0 Å². The number of para-hydroxylation sites is 1. The van der Waals surface area contributed by atoms with Gasteiger partial charge < -0.3 is 15.2 Å². The lowest BCUT2D eigenvalue weighted by Crippen LogP contribution is -2.32. The Morgan fingerprint density at radius 2 is 1.86 bits per heavy atom. The van der Waals surface area contributed by atoms with Gasteiger partial charge in [0.2, 0.25) is 5.91 Å². The number of carbonyl (C=O) groups excluding carboxylic acids is 2. The van der Waals surface area contributed by atoms with E-state index < -0.39 is 6.04 Å². The van der Waals surface area contributed by atoms with Crippen LogP contribution in [-0.2, 0) is 11.3 Å². The third-order valence-corrected chi connectivity index (χ3v) is 6.88. The maximum absolute atomic E-state index is 13.0. The number of anilines is 1. The Balaban J connectivity index is 1.79. The van der Waals surface area contributed by atoms with Crippen molar-refractivity contribution in [3.63, 3.8) is 0 Å². The average molecular weight is 567 g/mol. The number of benzene rings is 2. The maximum atomic E-state index is 13.0. The van der Waals surface area contributed by atoms with Crippen LogP contribution in [0.4, 0.5) is 5.69 Å². The first-order valence-corrected chi connectivity index (χ1v) is 13.3. The standard InChI is InChI=1S/C25H26Cl3N5O2S/c1-4-11-33-23(21(12-15(2)3)30-24(35)17-10-9-16(26)13-19(17)28)31-32-25(33)36-14-22(34)29-20-8-6-5-7-18(20)27/h4-10,13,15,21H,1,11-12,14H2,2-3H3,(H,29,34)(H,30,35)/t21-/m0/s1. The minimum Gasteiger partial charge on any atom is -0.342 e. The second-order valence-electron chi connectivity index (χ2n) is 8.34. The van der Waals surface area contributed by atoms with Gasteiger partial charge in [0, 0.05) is 11.6 Å². The summed E-state index contributed by atoms with van der Waals surface area (Å²) in [5.74, 6) is 0.344. The summed E-state index contributed by atoms with van der Waals surface area (Å²) in [5, 5.41) is 16.2. The van der Waals surface area contributed by atoms with E-state index in [1.165, 1.54) is 17.8 Å². The fourth-order valence-corrected chi connectivity index (χ4v) is 4.89. The first-order chi connectivity index (χ1) is 17.2. The first kappa shape index (κ1) is 28.1. The third kappa shape index (κ3) is 7.49. The van der Waals surface area contributed by atoms with Gasteiger partial charge in [-0.15, -0.1) is 16.8 Å². The highest BCUT2D eigenvalue weighted by molar-refractivity contribution is 7.99. The molecule has 36 heavy (non-hydrogen) atoms. The Morgan fingerprint density at radius 3 is 2.53 bits per heavy atom. The number of hydrogen-bond donors (Lipinski definition) is 2. The minimum absolute atomic E-state index is 0.0993. The van der Waals surface area contributed by atoms with Crippen molar-refractivity contribution in [3.05, 3.63) is 81.6 Å². The second-order valence-corrected chi connectivity index (χ2v) is 10.5. The van der Waals surface area contributed by atoms with Crippen molar-refractivity contribution < 1.29 is 9.59 Å². The van der Waals surface area contributed by atoms with Crippen molar-refractivity contribution in [2.24, 2.45) is 5.92 Å². The lowest BCUT2D eigenvalue weighted by Gasteiger charge is -2.21. The predicted octanol–water partition coefficient (Wildman–Crippen LogP) is 6.67. The van der Waals surface area contributed by atoms with Crippen LogP contribution in [0.1, 0.15) is 42.5 Å². The van der Waals surface area contributed by atoms with Gasteiger partial charge in [-0.25, -0.2) is 0 Å². The molecule has 1 heterocycles. The molecule has 0 fully saturated rings. The van der Waals surface area contributed by atoms with E-state index in [4.69, 9.17) is 34.8 Å². The summed E-state index contributed by atoms with van der Waals surface area (Å²) in [5.41, 5.74) is 0.856. The first-order valence-electron chi connectivity index (χ1n) is 11.2. The van der Waals surface area contributed by atoms with E-state index >= 15 is 0 Å². The van der Waals surface area contributed by atoms with Gasteiger partial charge in [0.15, 0.2) is 11.0 Å². The van der Waals surface area contributed by atoms with Crippen molar-refractivity contribution in [2.45, 2.75) is 38.0 Å². The molecule has 3 aromatic rings. The predicted molar refractivity (Wildman–Crippen MR) is 147 cm³/mol. The van der Waals surface area contributed by atoms with Gasteiger partial charge in [-0.2, -0.15) is 0 Å². The monoisotopic (exact) mass is 565 g/mol. The zero-order valence-electron chi connectivity index (χ0n) is 19.8. The molecule has 0 saturated carbocycles. The molecule has 3 rings (SSSR count). The summed E-state index contributed by atoms with van der Waals surface area (Å²) < 4.78 is 1.84. The number of nitrogens with zero attached hydrogens (tertiary/aromatic N) is 3. The van der Waals surface area contributed by atoms with Gasteiger partial charge in [0.05, 0.1) is 33.1 Å². The van der Waals surface area contributed by atoms with Crippen LogP contribution >= 0.6 is 46.6 Å². The molecule has 0 aliphatic rings. The molecule has 2 N–H and O–H groups in total. The van der Waals surface area contributed by atoms with E-state index in [0.717, 1.165) is 0 Å². The largest absolute Gasteiger partial charge is 0.342 e. The maximum Gasteiger partial charge on any atom is 0.253 e. The molecule has 2 amide bonds. The number of allylic oxidation sites excluding steroid dienone is 1. The Hall–Kier alpha value is -2.52. The van der Waals surface area contributed by atoms with Crippen molar-refractivity contribution in [1.82, 2.24) is 20.1 Å². The van der Waals surface area contributed by atoms with Crippen LogP contribution in [-0.4, -0.2) is 32.3 Å². The third-order valence-electron chi connectivity index (χ3n) is 5.04. The SMILES string of the molecule is C=CCn1c(SCC(=O)Nc2ccccc2Cl)nnc1[C@H](CC(C)C)NC(=O)c1ccc(Cl)cc1Cl. The van der Waals surface area contributed by atoms with Gasteiger partial charge in [-0.1, -0.05) is 78.6 Å². The summed E-state index contributed by atoms with van der Waals surface area (Å²) in [6.45, 7) is 8.34. The number of aromatic nitrogens is 3. The van der Waals surface area contributed by atoms with E-state index in [0.29, 0.717) is 45.2 Å². The summed E-state index contributed by atoms with van der Waals surface area (Å²) >= 11 is 19.6. The topological polar surface area (TPSA) is 88.9 Å². The Bertz CT molecular complexity index is 1250. The number of hydrogen-bond acceptors (Lipinski definition) is 5. The zero-order chi connectivity index (χ0) is 26.2. The summed E-state index contributed by atoms with van der Waals surface area (Å²) in [4.78, 5) is 25.6. The van der Waals surface area contributed by atoms with Gasteiger partial charge in [-0.3, -0.25) is 9.59 Å². The van der Waals surface area contributed by atoms with Gasteiger partial charge in [-0.05, 0) is 42.7 Å². The second kappa shape index (κ2) is 13.1. The molecule has 7 nitrogen and oxygen atoms in total. The summed E-state index contributed by atoms with van der Waals surface area (Å²) in [7, 11) is 0. The Labute approximate surface area is 229 Å². The van der Waals surface area contributed by atoms with Crippen LogP contribution in [0.5, 0.6) is 0 Å². The van der Waals surface area contributed by atoms with Gasteiger partial charge in [0.1, 0.15) is 0 Å². The van der Waals surface area contributed by atoms with Crippen LogP contribution in [0.2, 0.25) is 15.1 Å². The molecule has 11 heteroatoms. The molecule has 0 radical (unpaired) electrons. The van der Waals surface area contributed by atoms with Gasteiger partial charge >= 0.3 is 0 Å². The molecule has 0 aliphatic carbocycles. The lowest BCUT2D eigenvalue weighted by molar-refractivity contribution is -0.113. The van der Waals surface area contributed by atoms with E-state index in [9.17, 15) is 9.59 Å². The molecule has 0 aliphatic heterocycles. The molecule has 1 aromatic heterocycles. The fraction of sp³-hybridized carbons (Fsp3) is 0.280. The number of carbonyl (C=O) groups is 2. The number of thioether (sulfide) groups is 1. The molecule has 1 atom stereocenters. The van der Waals surface area contributed by atoms with E-state index in [1.807, 2.05) is 4.57 Å². The average Bonchev–Trinajstić information content (AvgIpc) is 3.21. The van der Waals surface area contributed by atoms with Crippen molar-refractivity contribution >= 4 is 64.1 Å². The van der Waals surface area contributed by atoms with Crippen LogP contribution in [0, 0.1) is 5.92 Å². The highest BCUT2D eigenvalue weighted by Gasteiger charge is 2.25. The highest BCUT2D eigenvalue weighted by Crippen LogP contribution is 2.27. The summed E-state index contributed by atoms with van der Waals surface area (Å²) in [6.07, 6.45) is 2.33. The fourth-order valence-electron chi connectivity index (χ4n) is 3.45. The Morgan fingerprint density at radius 1 is 1.11 bits per heavy atom. The lowest BCUT2D eigenvalue weighted by atomic mass is 10.0. The molecule has 2 aromatic carbocycles. The zero-order valence-corrected chi connectivity index (χ0v) is 22.9. The Kier molecular flexibility index (Phi) is 10.2. The molecule has 0 spiro atoms. The van der Waals surface area contributed by atoms with E-state index in [2.05, 4.69) is 41.3 Å². The number of nitrogens with one attached hydrogen (secondary N) is 2. The minimum atomic E-state index is -0.442. The van der Waals surface area contributed by atoms with E-state index in [-0.39, 0.29) is 28.5 Å². The molecule has 0 saturated heterocycles. The molecule has 190 valence electrons. The number of rotatable bonds is 11. The van der Waals surface area contributed by atoms with Crippen molar-refractivity contribution in [2.75, 3.05) is 11.1 Å². The van der Waals surface area contributed by atoms with Crippen LogP contribution < -0.4 is 10.6 Å². The number of halogens is 3. The van der Waals surface area contributed by atoms with E-state index in [1.54, 1.807) is 42.5 Å². The molecular formula is C25H26Cl3N5O2S. The van der Waals surface area contributed by atoms with Gasteiger partial charge in [0.25, 0.3) is 5.91 Å². The molecule has 0 bridgehead atoms. The molecule has 0 unspecified atom stereocenters. The smallest absolute Gasteiger partial charge is 0.253 e. The quantitative estimate of drug-likeness (QED) is 0.200. The number of amides is 2.